The summed E-state index contributed by atoms with van der Waals surface area (Å²) < 4.78 is 39.1. The summed E-state index contributed by atoms with van der Waals surface area (Å²) in [6, 6.07) is 6.38. The monoisotopic (exact) mass is 356 g/mol. The number of aryl methyl sites for hydroxylation is 1. The van der Waals surface area contributed by atoms with Crippen molar-refractivity contribution in [1.82, 2.24) is 9.71 Å². The maximum Gasteiger partial charge on any atom is 0.211 e. The van der Waals surface area contributed by atoms with Crippen LogP contribution in [0.5, 0.6) is 0 Å². The molecule has 0 fully saturated rings. The van der Waals surface area contributed by atoms with Gasteiger partial charge in [0.05, 0.1) is 18.0 Å². The molecule has 0 saturated carbocycles. The molecule has 0 aliphatic heterocycles. The summed E-state index contributed by atoms with van der Waals surface area (Å²) in [7, 11) is -3.23. The third kappa shape index (κ3) is 5.67. The third-order valence-electron chi connectivity index (χ3n) is 3.42. The lowest BCUT2D eigenvalue weighted by molar-refractivity contribution is 0.577. The minimum absolute atomic E-state index is 0.149. The van der Waals surface area contributed by atoms with E-state index >= 15 is 0 Å². The lowest BCUT2D eigenvalue weighted by Crippen LogP contribution is -2.25. The van der Waals surface area contributed by atoms with Gasteiger partial charge in [-0.3, -0.25) is 0 Å². The Kier molecular flexibility index (Phi) is 6.26. The molecule has 2 aromatic rings. The van der Waals surface area contributed by atoms with Gasteiger partial charge in [-0.15, -0.1) is 11.3 Å². The largest absolute Gasteiger partial charge is 0.245 e. The van der Waals surface area contributed by atoms with E-state index in [1.807, 2.05) is 13.8 Å². The van der Waals surface area contributed by atoms with Crippen molar-refractivity contribution in [2.45, 2.75) is 39.7 Å². The average Bonchev–Trinajstić information content (AvgIpc) is 2.86. The van der Waals surface area contributed by atoms with E-state index in [-0.39, 0.29) is 18.1 Å². The molecule has 0 spiro atoms. The van der Waals surface area contributed by atoms with Crippen molar-refractivity contribution in [2.24, 2.45) is 0 Å². The summed E-state index contributed by atoms with van der Waals surface area (Å²) in [5, 5.41) is 0.750. The molecule has 0 aliphatic carbocycles. The second-order valence-electron chi connectivity index (χ2n) is 5.41. The van der Waals surface area contributed by atoms with Crippen LogP contribution in [-0.4, -0.2) is 19.2 Å². The van der Waals surface area contributed by atoms with E-state index < -0.39 is 10.0 Å². The molecule has 4 nitrogen and oxygen atoms in total. The molecule has 0 radical (unpaired) electrons. The van der Waals surface area contributed by atoms with Gasteiger partial charge in [-0.2, -0.15) is 0 Å². The van der Waals surface area contributed by atoms with Crippen LogP contribution >= 0.6 is 11.3 Å². The van der Waals surface area contributed by atoms with Crippen LogP contribution < -0.4 is 4.72 Å². The first-order chi connectivity index (χ1) is 10.9. The van der Waals surface area contributed by atoms with Gasteiger partial charge in [-0.05, 0) is 31.0 Å². The minimum Gasteiger partial charge on any atom is -0.245 e. The van der Waals surface area contributed by atoms with Gasteiger partial charge in [0.2, 0.25) is 10.0 Å². The zero-order chi connectivity index (χ0) is 16.9. The third-order valence-corrected chi connectivity index (χ3v) is 5.99. The van der Waals surface area contributed by atoms with Crippen LogP contribution in [0.4, 0.5) is 4.39 Å². The first-order valence-corrected chi connectivity index (χ1v) is 10.0. The van der Waals surface area contributed by atoms with E-state index in [0.717, 1.165) is 27.6 Å². The van der Waals surface area contributed by atoms with Gasteiger partial charge in [-0.25, -0.2) is 22.5 Å². The minimum atomic E-state index is -3.23. The second kappa shape index (κ2) is 7.99. The molecule has 0 bridgehead atoms. The van der Waals surface area contributed by atoms with Gasteiger partial charge in [0.25, 0.3) is 0 Å². The van der Waals surface area contributed by atoms with Crippen molar-refractivity contribution in [3.63, 3.8) is 0 Å². The van der Waals surface area contributed by atoms with E-state index in [0.29, 0.717) is 12.8 Å². The number of sulfonamides is 1. The smallest absolute Gasteiger partial charge is 0.211 e. The Hall–Kier alpha value is -1.31. The van der Waals surface area contributed by atoms with Crippen LogP contribution in [0, 0.1) is 12.7 Å². The van der Waals surface area contributed by atoms with Crippen molar-refractivity contribution < 1.29 is 12.8 Å². The second-order valence-corrected chi connectivity index (χ2v) is 8.51. The Morgan fingerprint density at radius 3 is 2.61 bits per heavy atom. The molecule has 7 heteroatoms. The Morgan fingerprint density at radius 1 is 1.26 bits per heavy atom. The van der Waals surface area contributed by atoms with Gasteiger partial charge < -0.3 is 0 Å². The predicted molar refractivity (Wildman–Crippen MR) is 91.6 cm³/mol. The van der Waals surface area contributed by atoms with Crippen molar-refractivity contribution in [2.75, 3.05) is 5.75 Å². The molecule has 0 saturated heterocycles. The molecule has 1 heterocycles. The number of unbranched alkanes of at least 4 members (excludes halogenated alkanes) is 1. The fourth-order valence-electron chi connectivity index (χ4n) is 2.09. The number of rotatable bonds is 8. The number of thiazole rings is 1. The maximum absolute atomic E-state index is 12.9. The molecule has 0 amide bonds. The van der Waals surface area contributed by atoms with E-state index in [4.69, 9.17) is 0 Å². The first kappa shape index (κ1) is 18.0. The van der Waals surface area contributed by atoms with E-state index in [1.54, 1.807) is 12.1 Å². The number of halogens is 1. The van der Waals surface area contributed by atoms with Gasteiger partial charge in [0.1, 0.15) is 10.8 Å². The summed E-state index contributed by atoms with van der Waals surface area (Å²) in [6.45, 7) is 4.09. The van der Waals surface area contributed by atoms with Gasteiger partial charge in [-0.1, -0.05) is 25.5 Å². The van der Waals surface area contributed by atoms with Crippen LogP contribution in [0.15, 0.2) is 24.3 Å². The number of benzene rings is 1. The van der Waals surface area contributed by atoms with E-state index in [1.165, 1.54) is 23.5 Å². The molecule has 23 heavy (non-hydrogen) atoms. The topological polar surface area (TPSA) is 59.1 Å². The number of aromatic nitrogens is 1. The fraction of sp³-hybridized carbons (Fsp3) is 0.438. The van der Waals surface area contributed by atoms with Gasteiger partial charge in [0, 0.05) is 11.3 Å². The van der Waals surface area contributed by atoms with Crippen LogP contribution in [0.1, 0.15) is 40.9 Å². The lowest BCUT2D eigenvalue weighted by atomic mass is 10.1. The Morgan fingerprint density at radius 2 is 1.96 bits per heavy atom. The SMILES string of the molecule is CCCCS(=O)(=O)NCc1nc(C)c(Cc2ccc(F)cc2)s1. The molecule has 1 aromatic heterocycles. The highest BCUT2D eigenvalue weighted by Gasteiger charge is 2.13. The summed E-state index contributed by atoms with van der Waals surface area (Å²) >= 11 is 1.49. The fourth-order valence-corrected chi connectivity index (χ4v) is 4.40. The van der Waals surface area contributed by atoms with Gasteiger partial charge >= 0.3 is 0 Å². The number of nitrogens with one attached hydrogen (secondary N) is 1. The summed E-state index contributed by atoms with van der Waals surface area (Å²) in [5.74, 6) is -0.104. The molecule has 0 atom stereocenters. The van der Waals surface area contributed by atoms with Crippen molar-refractivity contribution in [3.05, 3.63) is 51.2 Å². The first-order valence-electron chi connectivity index (χ1n) is 7.56. The number of nitrogens with zero attached hydrogens (tertiary/aromatic N) is 1. The number of hydrogen-bond acceptors (Lipinski definition) is 4. The average molecular weight is 356 g/mol. The Labute approximate surface area is 140 Å². The lowest BCUT2D eigenvalue weighted by Gasteiger charge is -2.03. The highest BCUT2D eigenvalue weighted by molar-refractivity contribution is 7.89. The summed E-state index contributed by atoms with van der Waals surface area (Å²) in [6.07, 6.45) is 2.17. The van der Waals surface area contributed by atoms with Crippen LogP contribution in [0.3, 0.4) is 0 Å². The quantitative estimate of drug-likeness (QED) is 0.789. The predicted octanol–water partition coefficient (Wildman–Crippen LogP) is 3.40. The van der Waals surface area contributed by atoms with E-state index in [2.05, 4.69) is 9.71 Å². The molecule has 0 unspecified atom stereocenters. The van der Waals surface area contributed by atoms with E-state index in [9.17, 15) is 12.8 Å². The molecule has 1 aromatic carbocycles. The molecular formula is C16H21FN2O2S2. The van der Waals surface area contributed by atoms with Crippen molar-refractivity contribution in [3.8, 4) is 0 Å². The Balaban J connectivity index is 1.99. The Bertz CT molecular complexity index is 740. The van der Waals surface area contributed by atoms with Crippen LogP contribution in [-0.2, 0) is 23.0 Å². The van der Waals surface area contributed by atoms with Crippen LogP contribution in [0.25, 0.3) is 0 Å². The normalized spacial score (nSPS) is 11.8. The summed E-state index contributed by atoms with van der Waals surface area (Å²) in [4.78, 5) is 5.49. The number of hydrogen-bond donors (Lipinski definition) is 1. The zero-order valence-electron chi connectivity index (χ0n) is 13.3. The molecule has 2 rings (SSSR count). The zero-order valence-corrected chi connectivity index (χ0v) is 14.9. The molecule has 126 valence electrons. The molecule has 0 aliphatic rings. The molecular weight excluding hydrogens is 335 g/mol. The highest BCUT2D eigenvalue weighted by Crippen LogP contribution is 2.22. The van der Waals surface area contributed by atoms with Crippen molar-refractivity contribution in [1.29, 1.82) is 0 Å². The maximum atomic E-state index is 12.9. The van der Waals surface area contributed by atoms with Crippen LogP contribution in [0.2, 0.25) is 0 Å². The highest BCUT2D eigenvalue weighted by atomic mass is 32.2. The molecule has 1 N–H and O–H groups in total. The van der Waals surface area contributed by atoms with Gasteiger partial charge in [0.15, 0.2) is 0 Å². The van der Waals surface area contributed by atoms with Crippen molar-refractivity contribution >= 4 is 21.4 Å². The standard InChI is InChI=1S/C16H21FN2O2S2/c1-3-4-9-23(20,21)18-11-16-19-12(2)15(22-16)10-13-5-7-14(17)8-6-13/h5-8,18H,3-4,9-11H2,1-2H3. The summed E-state index contributed by atoms with van der Waals surface area (Å²) in [5.41, 5.74) is 1.90.